The normalized spacial score (nSPS) is 10.7. The second kappa shape index (κ2) is 6.67. The summed E-state index contributed by atoms with van der Waals surface area (Å²) < 4.78 is 0. The highest BCUT2D eigenvalue weighted by Crippen LogP contribution is 2.13. The predicted octanol–water partition coefficient (Wildman–Crippen LogP) is 2.77. The molecule has 84 valence electrons. The number of nitrogens with one attached hydrogen (secondary N) is 1. The molecule has 0 aliphatic carbocycles. The number of nitrogens with zero attached hydrogens (tertiary/aromatic N) is 2. The Morgan fingerprint density at radius 1 is 1.40 bits per heavy atom. The van der Waals surface area contributed by atoms with E-state index in [2.05, 4.69) is 36.1 Å². The largest absolute Gasteiger partial charge is 0.369 e. The summed E-state index contributed by atoms with van der Waals surface area (Å²) in [5.74, 6) is 3.68. The molecule has 1 aromatic heterocycles. The maximum Gasteiger partial charge on any atom is 0.129 e. The maximum atomic E-state index is 4.23. The van der Waals surface area contributed by atoms with Gasteiger partial charge in [0.15, 0.2) is 0 Å². The highest BCUT2D eigenvalue weighted by Gasteiger charge is 2.01. The minimum absolute atomic E-state index is 0.457. The zero-order valence-corrected chi connectivity index (χ0v) is 10.5. The van der Waals surface area contributed by atoms with Crippen molar-refractivity contribution >= 4 is 17.6 Å². The van der Waals surface area contributed by atoms with Crippen LogP contribution in [0.4, 0.5) is 5.82 Å². The Labute approximate surface area is 96.1 Å². The summed E-state index contributed by atoms with van der Waals surface area (Å²) in [6.45, 7) is 7.41. The van der Waals surface area contributed by atoms with Crippen molar-refractivity contribution in [3.8, 4) is 0 Å². The third kappa shape index (κ3) is 4.51. The quantitative estimate of drug-likeness (QED) is 0.755. The van der Waals surface area contributed by atoms with E-state index in [1.165, 1.54) is 5.75 Å². The van der Waals surface area contributed by atoms with Crippen molar-refractivity contribution in [2.75, 3.05) is 23.4 Å². The molecule has 0 atom stereocenters. The van der Waals surface area contributed by atoms with Crippen molar-refractivity contribution in [3.63, 3.8) is 0 Å². The van der Waals surface area contributed by atoms with E-state index < -0.39 is 0 Å². The third-order valence-corrected chi connectivity index (χ3v) is 2.94. The molecule has 1 N–H and O–H groups in total. The van der Waals surface area contributed by atoms with Crippen molar-refractivity contribution in [1.82, 2.24) is 9.97 Å². The van der Waals surface area contributed by atoms with Gasteiger partial charge in [-0.25, -0.2) is 9.97 Å². The first-order valence-corrected chi connectivity index (χ1v) is 6.53. The van der Waals surface area contributed by atoms with Gasteiger partial charge in [-0.15, -0.1) is 0 Å². The Kier molecular flexibility index (Phi) is 5.47. The smallest absolute Gasteiger partial charge is 0.129 e. The molecule has 0 spiro atoms. The number of hydrogen-bond acceptors (Lipinski definition) is 4. The van der Waals surface area contributed by atoms with Crippen molar-refractivity contribution in [2.45, 2.75) is 26.7 Å². The van der Waals surface area contributed by atoms with Gasteiger partial charge in [-0.3, -0.25) is 0 Å². The van der Waals surface area contributed by atoms with Crippen LogP contribution in [-0.4, -0.2) is 28.0 Å². The lowest BCUT2D eigenvalue weighted by Crippen LogP contribution is -2.07. The molecule has 1 heterocycles. The first-order valence-electron chi connectivity index (χ1n) is 5.37. The summed E-state index contributed by atoms with van der Waals surface area (Å²) in [6.07, 6.45) is 1.63. The van der Waals surface area contributed by atoms with Gasteiger partial charge in [0.1, 0.15) is 12.1 Å². The molecule has 1 rings (SSSR count). The van der Waals surface area contributed by atoms with Crippen LogP contribution in [0, 0.1) is 0 Å². The molecule has 3 nitrogen and oxygen atoms in total. The predicted molar refractivity (Wildman–Crippen MR) is 67.6 cm³/mol. The Hall–Kier alpha value is -0.770. The molecule has 0 amide bonds. The molecule has 0 aromatic carbocycles. The van der Waals surface area contributed by atoms with E-state index in [0.717, 1.165) is 23.8 Å². The summed E-state index contributed by atoms with van der Waals surface area (Å²) in [5, 5.41) is 3.30. The average Bonchev–Trinajstić information content (AvgIpc) is 2.25. The van der Waals surface area contributed by atoms with Gasteiger partial charge in [0, 0.05) is 24.1 Å². The number of rotatable bonds is 6. The zero-order valence-electron chi connectivity index (χ0n) is 9.66. The van der Waals surface area contributed by atoms with E-state index in [0.29, 0.717) is 5.92 Å². The monoisotopic (exact) mass is 225 g/mol. The van der Waals surface area contributed by atoms with Gasteiger partial charge in [0.05, 0.1) is 0 Å². The first kappa shape index (κ1) is 12.3. The van der Waals surface area contributed by atoms with Crippen LogP contribution >= 0.6 is 11.8 Å². The standard InChI is InChI=1S/C11H19N3S/c1-4-15-6-5-12-11-7-10(9(2)3)13-8-14-11/h7-9H,4-6H2,1-3H3,(H,12,13,14). The SMILES string of the molecule is CCSCCNc1cc(C(C)C)ncn1. The average molecular weight is 225 g/mol. The minimum Gasteiger partial charge on any atom is -0.369 e. The van der Waals surface area contributed by atoms with Gasteiger partial charge < -0.3 is 5.32 Å². The summed E-state index contributed by atoms with van der Waals surface area (Å²) in [5.41, 5.74) is 1.09. The van der Waals surface area contributed by atoms with Gasteiger partial charge in [-0.05, 0) is 11.7 Å². The molecular formula is C11H19N3S. The van der Waals surface area contributed by atoms with E-state index in [1.54, 1.807) is 6.33 Å². The van der Waals surface area contributed by atoms with Crippen LogP contribution in [0.15, 0.2) is 12.4 Å². The molecule has 0 unspecified atom stereocenters. The highest BCUT2D eigenvalue weighted by atomic mass is 32.2. The van der Waals surface area contributed by atoms with Crippen LogP contribution in [-0.2, 0) is 0 Å². The molecule has 15 heavy (non-hydrogen) atoms. The summed E-state index contributed by atoms with van der Waals surface area (Å²) >= 11 is 1.93. The fraction of sp³-hybridized carbons (Fsp3) is 0.636. The fourth-order valence-electron chi connectivity index (χ4n) is 1.18. The van der Waals surface area contributed by atoms with E-state index in [-0.39, 0.29) is 0 Å². The van der Waals surface area contributed by atoms with Crippen molar-refractivity contribution in [3.05, 3.63) is 18.1 Å². The van der Waals surface area contributed by atoms with Gasteiger partial charge >= 0.3 is 0 Å². The molecule has 0 radical (unpaired) electrons. The molecule has 0 aliphatic heterocycles. The minimum atomic E-state index is 0.457. The molecule has 0 aliphatic rings. The van der Waals surface area contributed by atoms with Gasteiger partial charge in [0.2, 0.25) is 0 Å². The van der Waals surface area contributed by atoms with Crippen LogP contribution < -0.4 is 5.32 Å². The lowest BCUT2D eigenvalue weighted by Gasteiger charge is -2.07. The topological polar surface area (TPSA) is 37.8 Å². The second-order valence-electron chi connectivity index (χ2n) is 3.61. The van der Waals surface area contributed by atoms with Crippen LogP contribution in [0.5, 0.6) is 0 Å². The molecule has 0 fully saturated rings. The van der Waals surface area contributed by atoms with E-state index in [1.807, 2.05) is 17.8 Å². The Balaban J connectivity index is 2.43. The van der Waals surface area contributed by atoms with Crippen LogP contribution in [0.1, 0.15) is 32.4 Å². The molecule has 4 heteroatoms. The fourth-order valence-corrected chi connectivity index (χ4v) is 1.72. The molecule has 0 saturated carbocycles. The highest BCUT2D eigenvalue weighted by molar-refractivity contribution is 7.99. The number of thioether (sulfide) groups is 1. The summed E-state index contributed by atoms with van der Waals surface area (Å²) in [4.78, 5) is 8.41. The van der Waals surface area contributed by atoms with Crippen molar-refractivity contribution in [1.29, 1.82) is 0 Å². The summed E-state index contributed by atoms with van der Waals surface area (Å²) in [7, 11) is 0. The van der Waals surface area contributed by atoms with Crippen molar-refractivity contribution in [2.24, 2.45) is 0 Å². The molecule has 1 aromatic rings. The van der Waals surface area contributed by atoms with Crippen LogP contribution in [0.3, 0.4) is 0 Å². The lowest BCUT2D eigenvalue weighted by atomic mass is 10.1. The van der Waals surface area contributed by atoms with Gasteiger partial charge in [0.25, 0.3) is 0 Å². The molecule has 0 bridgehead atoms. The number of hydrogen-bond donors (Lipinski definition) is 1. The second-order valence-corrected chi connectivity index (χ2v) is 5.00. The first-order chi connectivity index (χ1) is 7.24. The molecule has 0 saturated heterocycles. The van der Waals surface area contributed by atoms with Gasteiger partial charge in [-0.1, -0.05) is 20.8 Å². The Morgan fingerprint density at radius 3 is 2.87 bits per heavy atom. The van der Waals surface area contributed by atoms with E-state index >= 15 is 0 Å². The van der Waals surface area contributed by atoms with Crippen molar-refractivity contribution < 1.29 is 0 Å². The Bertz CT molecular complexity index is 289. The van der Waals surface area contributed by atoms with Gasteiger partial charge in [-0.2, -0.15) is 11.8 Å². The van der Waals surface area contributed by atoms with Crippen LogP contribution in [0.2, 0.25) is 0 Å². The lowest BCUT2D eigenvalue weighted by molar-refractivity contribution is 0.814. The zero-order chi connectivity index (χ0) is 11.1. The summed E-state index contributed by atoms with van der Waals surface area (Å²) in [6, 6.07) is 2.03. The molecular weight excluding hydrogens is 206 g/mol. The number of aromatic nitrogens is 2. The Morgan fingerprint density at radius 2 is 2.20 bits per heavy atom. The number of anilines is 1. The van der Waals surface area contributed by atoms with Crippen LogP contribution in [0.25, 0.3) is 0 Å². The van der Waals surface area contributed by atoms with E-state index in [9.17, 15) is 0 Å². The van der Waals surface area contributed by atoms with E-state index in [4.69, 9.17) is 0 Å². The maximum absolute atomic E-state index is 4.23. The third-order valence-electron chi connectivity index (χ3n) is 2.04.